The first-order valence-electron chi connectivity index (χ1n) is 16.4. The zero-order chi connectivity index (χ0) is 31.0. The van der Waals surface area contributed by atoms with Gasteiger partial charge in [0.25, 0.3) is 0 Å². The number of thiophene rings is 2. The molecule has 4 aromatic heterocycles. The SMILES string of the molecule is Cl.N[C@@H]1C2CCN(CC2)C12CC2.O=C(C[C@@H]1C2CCN(CC2)C12CC2)c1cc2ccncc2s1.O=C=O.c1cc2ccsc2cn1. The van der Waals surface area contributed by atoms with E-state index >= 15 is 0 Å². The van der Waals surface area contributed by atoms with Crippen molar-refractivity contribution in [3.8, 4) is 0 Å². The number of carbonyl (C=O) groups excluding carboxylic acids is 3. The average molecular weight is 680 g/mol. The fourth-order valence-electron chi connectivity index (χ4n) is 8.85. The zero-order valence-electron chi connectivity index (χ0n) is 26.0. The first-order valence-corrected chi connectivity index (χ1v) is 18.1. The molecule has 46 heavy (non-hydrogen) atoms. The Morgan fingerprint density at radius 1 is 0.848 bits per heavy atom. The van der Waals surface area contributed by atoms with Crippen LogP contribution in [0.15, 0.2) is 54.4 Å². The summed E-state index contributed by atoms with van der Waals surface area (Å²) in [7, 11) is 0. The number of piperidine rings is 6. The lowest BCUT2D eigenvalue weighted by Crippen LogP contribution is -2.63. The molecule has 0 unspecified atom stereocenters. The van der Waals surface area contributed by atoms with Crippen molar-refractivity contribution in [2.45, 2.75) is 74.9 Å². The molecule has 11 heteroatoms. The number of ketones is 1. The van der Waals surface area contributed by atoms with Crippen molar-refractivity contribution in [1.29, 1.82) is 0 Å². The topological polar surface area (TPSA) is 109 Å². The maximum absolute atomic E-state index is 12.8. The lowest BCUT2D eigenvalue weighted by atomic mass is 9.70. The van der Waals surface area contributed by atoms with Gasteiger partial charge in [-0.05, 0) is 136 Å². The number of fused-ring (bicyclic) bond motifs is 6. The minimum absolute atomic E-state index is 0. The van der Waals surface area contributed by atoms with Crippen molar-refractivity contribution in [1.82, 2.24) is 19.8 Å². The lowest BCUT2D eigenvalue weighted by molar-refractivity contribution is -0.191. The summed E-state index contributed by atoms with van der Waals surface area (Å²) < 4.78 is 2.39. The van der Waals surface area contributed by atoms with Crippen LogP contribution in [0.3, 0.4) is 0 Å². The molecule has 4 aromatic rings. The van der Waals surface area contributed by atoms with Crippen molar-refractivity contribution in [2.24, 2.45) is 23.5 Å². The molecule has 8 nitrogen and oxygen atoms in total. The minimum atomic E-state index is 0. The molecule has 0 amide bonds. The van der Waals surface area contributed by atoms with Gasteiger partial charge in [-0.15, -0.1) is 35.1 Å². The number of hydrogen-bond acceptors (Lipinski definition) is 10. The average Bonchev–Trinajstić information content (AvgIpc) is 3.94. The monoisotopic (exact) mass is 679 g/mol. The van der Waals surface area contributed by atoms with Crippen molar-refractivity contribution in [3.05, 3.63) is 59.3 Å². The van der Waals surface area contributed by atoms with Gasteiger partial charge in [0.1, 0.15) is 0 Å². The fourth-order valence-corrected chi connectivity index (χ4v) is 10.6. The van der Waals surface area contributed by atoms with Crippen LogP contribution in [0.1, 0.15) is 67.5 Å². The smallest absolute Gasteiger partial charge is 0.326 e. The van der Waals surface area contributed by atoms with Gasteiger partial charge in [-0.25, -0.2) is 0 Å². The van der Waals surface area contributed by atoms with Crippen LogP contribution in [0.5, 0.6) is 0 Å². The lowest BCUT2D eigenvalue weighted by Gasteiger charge is -2.52. The molecule has 12 rings (SSSR count). The number of pyridine rings is 2. The van der Waals surface area contributed by atoms with Gasteiger partial charge in [-0.3, -0.25) is 24.6 Å². The molecule has 10 heterocycles. The highest BCUT2D eigenvalue weighted by atomic mass is 35.5. The Hall–Kier alpha value is -2.56. The summed E-state index contributed by atoms with van der Waals surface area (Å²) in [5.41, 5.74) is 7.15. The van der Waals surface area contributed by atoms with Gasteiger partial charge in [0.05, 0.1) is 14.3 Å². The molecule has 2 spiro atoms. The van der Waals surface area contributed by atoms with E-state index in [0.717, 1.165) is 33.2 Å². The number of nitrogens with zero attached hydrogens (tertiary/aromatic N) is 4. The molecule has 6 saturated heterocycles. The maximum atomic E-state index is 12.8. The molecule has 6 aliphatic heterocycles. The molecule has 2 N–H and O–H groups in total. The third-order valence-electron chi connectivity index (χ3n) is 11.5. The number of rotatable bonds is 3. The molecule has 0 radical (unpaired) electrons. The van der Waals surface area contributed by atoms with E-state index in [9.17, 15) is 4.79 Å². The molecular formula is C35H42ClN5O3S2. The zero-order valence-corrected chi connectivity index (χ0v) is 28.5. The summed E-state index contributed by atoms with van der Waals surface area (Å²) in [5.74, 6) is 2.60. The van der Waals surface area contributed by atoms with Crippen LogP contribution in [0, 0.1) is 17.8 Å². The van der Waals surface area contributed by atoms with E-state index in [1.807, 2.05) is 30.7 Å². The first kappa shape index (κ1) is 33.3. The quantitative estimate of drug-likeness (QED) is 0.246. The van der Waals surface area contributed by atoms with E-state index < -0.39 is 0 Å². The van der Waals surface area contributed by atoms with Gasteiger partial charge in [0.15, 0.2) is 5.78 Å². The van der Waals surface area contributed by atoms with Gasteiger partial charge in [-0.2, -0.15) is 9.59 Å². The summed E-state index contributed by atoms with van der Waals surface area (Å²) in [4.78, 5) is 43.5. The molecule has 8 fully saturated rings. The number of hydrogen-bond donors (Lipinski definition) is 1. The molecule has 2 aliphatic carbocycles. The summed E-state index contributed by atoms with van der Waals surface area (Å²) in [6.07, 6.45) is 19.1. The van der Waals surface area contributed by atoms with Crippen LogP contribution in [0.25, 0.3) is 20.2 Å². The van der Waals surface area contributed by atoms with E-state index in [2.05, 4.69) is 37.3 Å². The van der Waals surface area contributed by atoms with Gasteiger partial charge >= 0.3 is 6.15 Å². The van der Waals surface area contributed by atoms with Crippen LogP contribution in [-0.2, 0) is 9.59 Å². The van der Waals surface area contributed by atoms with E-state index in [-0.39, 0.29) is 18.6 Å². The van der Waals surface area contributed by atoms with Crippen LogP contribution in [0.2, 0.25) is 0 Å². The predicted octanol–water partition coefficient (Wildman–Crippen LogP) is 6.45. The van der Waals surface area contributed by atoms with Crippen LogP contribution < -0.4 is 5.73 Å². The summed E-state index contributed by atoms with van der Waals surface area (Å²) in [5, 5.41) is 4.51. The van der Waals surface area contributed by atoms with E-state index in [1.54, 1.807) is 28.9 Å². The molecule has 244 valence electrons. The number of aromatic nitrogens is 2. The third-order valence-corrected chi connectivity index (χ3v) is 13.5. The van der Waals surface area contributed by atoms with Gasteiger partial charge < -0.3 is 5.73 Å². The first-order chi connectivity index (χ1) is 22.0. The van der Waals surface area contributed by atoms with Crippen molar-refractivity contribution in [2.75, 3.05) is 26.2 Å². The fraction of sp³-hybridized carbons (Fsp3) is 0.543. The second-order valence-electron chi connectivity index (χ2n) is 13.6. The third kappa shape index (κ3) is 6.33. The Kier molecular flexibility index (Phi) is 10.1. The van der Waals surface area contributed by atoms with E-state index in [1.165, 1.54) is 87.6 Å². The maximum Gasteiger partial charge on any atom is 0.373 e. The molecule has 8 aliphatic rings. The molecule has 0 aromatic carbocycles. The second-order valence-corrected chi connectivity index (χ2v) is 15.6. The highest BCUT2D eigenvalue weighted by Gasteiger charge is 2.60. The standard InChI is InChI=1S/C18H20N2OS.C9H16N2.C7H5NS.CO2.ClH/c21-15(16-9-13-1-6-19-11-17(13)22-16)10-14-12-2-7-20(8-3-12)18(14)4-5-18;10-8-7-1-5-11(6-2-7)9(8)3-4-9;1-3-8-5-7-6(1)2-4-9-7;2-1-3;/h1,6,9,11-12,14H,2-5,7-8,10H2;7-8H,1-6,10H2;1-5H;;1H/t14-;8-;;;/m11.../s1. The molecule has 2 saturated carbocycles. The summed E-state index contributed by atoms with van der Waals surface area (Å²) in [6.45, 7) is 5.20. The van der Waals surface area contributed by atoms with E-state index in [4.69, 9.17) is 15.3 Å². The minimum Gasteiger partial charge on any atom is -0.326 e. The van der Waals surface area contributed by atoms with Crippen LogP contribution in [-0.4, -0.2) is 75.0 Å². The highest BCUT2D eigenvalue weighted by Crippen LogP contribution is 2.58. The Morgan fingerprint density at radius 3 is 1.96 bits per heavy atom. The van der Waals surface area contributed by atoms with Gasteiger partial charge in [0, 0.05) is 48.3 Å². The Morgan fingerprint density at radius 2 is 1.41 bits per heavy atom. The second kappa shape index (κ2) is 13.9. The largest absolute Gasteiger partial charge is 0.373 e. The number of nitrogens with two attached hydrogens (primary N) is 1. The van der Waals surface area contributed by atoms with E-state index in [0.29, 0.717) is 28.8 Å². The Bertz CT molecular complexity index is 1610. The van der Waals surface area contributed by atoms with Crippen LogP contribution >= 0.6 is 35.1 Å². The van der Waals surface area contributed by atoms with Gasteiger partial charge in [0.2, 0.25) is 0 Å². The molecule has 2 atom stereocenters. The van der Waals surface area contributed by atoms with Crippen molar-refractivity contribution in [3.63, 3.8) is 0 Å². The summed E-state index contributed by atoms with van der Waals surface area (Å²) in [6, 6.07) is 8.70. The molecular weight excluding hydrogens is 638 g/mol. The highest BCUT2D eigenvalue weighted by molar-refractivity contribution is 7.20. The van der Waals surface area contributed by atoms with Crippen molar-refractivity contribution >= 4 is 67.2 Å². The Labute approximate surface area is 284 Å². The Balaban J connectivity index is 0.000000129. The predicted molar refractivity (Wildman–Crippen MR) is 184 cm³/mol. The normalized spacial score (nSPS) is 29.7. The van der Waals surface area contributed by atoms with Crippen molar-refractivity contribution < 1.29 is 14.4 Å². The molecule has 4 bridgehead atoms. The number of halogens is 1. The van der Waals surface area contributed by atoms with Gasteiger partial charge in [-0.1, -0.05) is 0 Å². The summed E-state index contributed by atoms with van der Waals surface area (Å²) >= 11 is 3.33. The number of carbonyl (C=O) groups is 1. The number of Topliss-reactive ketones (excluding diaryl/α,β-unsaturated/α-hetero) is 1. The van der Waals surface area contributed by atoms with Crippen LogP contribution in [0.4, 0.5) is 0 Å².